The fraction of sp³-hybridized carbons (Fsp3) is 0.652. The highest BCUT2D eigenvalue weighted by atomic mass is 32.7. The Bertz CT molecular complexity index is 1380. The molecule has 1 aliphatic heterocycles. The number of amides is 3. The van der Waals surface area contributed by atoms with Crippen LogP contribution in [0.1, 0.15) is 33.9 Å². The van der Waals surface area contributed by atoms with Crippen LogP contribution in [0.3, 0.4) is 0 Å². The number of aliphatic hydroxyl groups excluding tert-OH is 1. The fourth-order valence-electron chi connectivity index (χ4n) is 3.86. The van der Waals surface area contributed by atoms with E-state index in [9.17, 15) is 29.2 Å². The number of anilines is 1. The SMILES string of the molecule is COc1nc(N)nc2c1ncn2[C@H](OCCO[P@](=O)(N[C@H](C)C(=O)OC(C)C)SC[C@H]1C(=O)NC(=O)N1C)[C@](C)(O)CO. The number of ether oxygens (including phenoxy) is 3. The minimum atomic E-state index is -3.94. The Morgan fingerprint density at radius 1 is 1.30 bits per heavy atom. The molecule has 5 atom stereocenters. The van der Waals surface area contributed by atoms with E-state index in [1.54, 1.807) is 13.8 Å². The number of methoxy groups -OCH3 is 1. The summed E-state index contributed by atoms with van der Waals surface area (Å²) in [6, 6.07) is -2.57. The maximum absolute atomic E-state index is 13.9. The van der Waals surface area contributed by atoms with Crippen molar-refractivity contribution in [2.45, 2.75) is 57.7 Å². The van der Waals surface area contributed by atoms with Gasteiger partial charge in [-0.05, 0) is 27.7 Å². The number of rotatable bonds is 16. The maximum Gasteiger partial charge on any atom is 0.327 e. The molecular weight excluding hydrogens is 611 g/mol. The molecule has 3 heterocycles. The lowest BCUT2D eigenvalue weighted by Gasteiger charge is -2.32. The van der Waals surface area contributed by atoms with Gasteiger partial charge in [-0.15, -0.1) is 0 Å². The van der Waals surface area contributed by atoms with Gasteiger partial charge >= 0.3 is 18.7 Å². The Hall–Kier alpha value is -3.06. The molecule has 1 saturated heterocycles. The number of nitrogens with one attached hydrogen (secondary N) is 2. The topological polar surface area (TPSA) is 243 Å². The molecule has 18 nitrogen and oxygen atoms in total. The van der Waals surface area contributed by atoms with Crippen LogP contribution in [0.4, 0.5) is 10.7 Å². The van der Waals surface area contributed by atoms with E-state index in [2.05, 4.69) is 25.4 Å². The molecule has 0 aliphatic carbocycles. The van der Waals surface area contributed by atoms with Gasteiger partial charge in [0.1, 0.15) is 17.7 Å². The Morgan fingerprint density at radius 2 is 2.00 bits per heavy atom. The molecule has 20 heteroatoms. The monoisotopic (exact) mass is 648 g/mol. The van der Waals surface area contributed by atoms with Crippen molar-refractivity contribution in [3.63, 3.8) is 0 Å². The van der Waals surface area contributed by atoms with Crippen molar-refractivity contribution in [2.24, 2.45) is 0 Å². The highest BCUT2D eigenvalue weighted by molar-refractivity contribution is 8.56. The smallest absolute Gasteiger partial charge is 0.327 e. The Labute approximate surface area is 251 Å². The predicted octanol–water partition coefficient (Wildman–Crippen LogP) is 0.0134. The number of fused-ring (bicyclic) bond motifs is 1. The number of imidazole rings is 1. The number of nitrogen functional groups attached to an aromatic ring is 1. The second kappa shape index (κ2) is 14.1. The molecule has 2 aromatic rings. The van der Waals surface area contributed by atoms with Crippen LogP contribution in [0, 0.1) is 0 Å². The lowest BCUT2D eigenvalue weighted by molar-refractivity contribution is -0.158. The molecule has 0 radical (unpaired) electrons. The molecule has 3 amide bonds. The van der Waals surface area contributed by atoms with Crippen molar-refractivity contribution in [2.75, 3.05) is 45.5 Å². The van der Waals surface area contributed by atoms with Crippen molar-refractivity contribution in [3.05, 3.63) is 6.33 Å². The number of imide groups is 1. The molecule has 1 fully saturated rings. The van der Waals surface area contributed by atoms with Gasteiger partial charge in [0.15, 0.2) is 17.4 Å². The van der Waals surface area contributed by atoms with Crippen LogP contribution < -0.4 is 20.9 Å². The minimum Gasteiger partial charge on any atom is -0.479 e. The number of carbonyl (C=O) groups excluding carboxylic acids is 3. The van der Waals surface area contributed by atoms with Crippen molar-refractivity contribution in [3.8, 4) is 5.88 Å². The first-order valence-electron chi connectivity index (χ1n) is 13.1. The van der Waals surface area contributed by atoms with Crippen LogP contribution >= 0.6 is 18.1 Å². The van der Waals surface area contributed by atoms with Gasteiger partial charge in [-0.3, -0.25) is 24.0 Å². The molecule has 0 bridgehead atoms. The zero-order valence-electron chi connectivity index (χ0n) is 24.5. The Balaban J connectivity index is 1.77. The second-order valence-electron chi connectivity index (χ2n) is 10.0. The predicted molar refractivity (Wildman–Crippen MR) is 154 cm³/mol. The number of nitrogens with zero attached hydrogens (tertiary/aromatic N) is 5. The van der Waals surface area contributed by atoms with E-state index >= 15 is 0 Å². The van der Waals surface area contributed by atoms with E-state index in [0.717, 1.165) is 11.4 Å². The number of esters is 1. The zero-order chi connectivity index (χ0) is 32.1. The minimum absolute atomic E-state index is 0.0874. The summed E-state index contributed by atoms with van der Waals surface area (Å²) in [7, 11) is 2.79. The van der Waals surface area contributed by atoms with Crippen LogP contribution in [-0.4, -0.2) is 116 Å². The van der Waals surface area contributed by atoms with E-state index in [4.69, 9.17) is 24.5 Å². The van der Waals surface area contributed by atoms with E-state index in [0.29, 0.717) is 0 Å². The van der Waals surface area contributed by atoms with Gasteiger partial charge < -0.3 is 39.6 Å². The molecule has 6 N–H and O–H groups in total. The van der Waals surface area contributed by atoms with Gasteiger partial charge in [0.25, 0.3) is 5.91 Å². The normalized spacial score (nSPS) is 19.7. The number of likely N-dealkylation sites (N-methyl/N-ethyl adjacent to an activating group) is 1. The average Bonchev–Trinajstić information content (AvgIpc) is 3.45. The highest BCUT2D eigenvalue weighted by Gasteiger charge is 2.40. The summed E-state index contributed by atoms with van der Waals surface area (Å²) in [6.07, 6.45) is -0.408. The largest absolute Gasteiger partial charge is 0.479 e. The van der Waals surface area contributed by atoms with Crippen LogP contribution in [0.5, 0.6) is 5.88 Å². The standard InChI is InChI=1S/C23H37N8O10PS/c1-12(2)41-19(34)13(3)29-42(37,43-9-14-17(33)27-22(35)30(14)5)40-8-7-39-20(23(4,36)10-32)31-11-25-15-16(31)26-21(24)28-18(15)38-6/h11-14,20,32,36H,7-10H2,1-6H3,(H,29,37)(H2,24,26,28)(H,27,33,35)/t13-,14+,20-,23-,42-/m1/s1. The summed E-state index contributed by atoms with van der Waals surface area (Å²) in [5.74, 6) is -1.40. The van der Waals surface area contributed by atoms with Gasteiger partial charge in [-0.2, -0.15) is 9.97 Å². The van der Waals surface area contributed by atoms with E-state index in [-0.39, 0.29) is 42.0 Å². The molecule has 240 valence electrons. The third kappa shape index (κ3) is 8.31. The number of aliphatic hydroxyl groups is 2. The fourth-order valence-corrected chi connectivity index (χ4v) is 7.85. The van der Waals surface area contributed by atoms with Gasteiger partial charge in [0.05, 0.1) is 39.4 Å². The molecule has 43 heavy (non-hydrogen) atoms. The number of carbonyl (C=O) groups is 3. The molecule has 0 aromatic carbocycles. The summed E-state index contributed by atoms with van der Waals surface area (Å²) in [4.78, 5) is 49.9. The molecule has 0 saturated carbocycles. The number of hydrogen-bond donors (Lipinski definition) is 5. The number of urea groups is 1. The summed E-state index contributed by atoms with van der Waals surface area (Å²) in [6.45, 7) is 0.809. The number of aromatic nitrogens is 4. The van der Waals surface area contributed by atoms with Crippen LogP contribution in [0.25, 0.3) is 11.2 Å². The first-order chi connectivity index (χ1) is 20.1. The average molecular weight is 649 g/mol. The number of nitrogens with two attached hydrogens (primary N) is 1. The Kier molecular flexibility index (Phi) is 11.3. The van der Waals surface area contributed by atoms with Gasteiger partial charge in [0, 0.05) is 12.8 Å². The maximum atomic E-state index is 13.9. The van der Waals surface area contributed by atoms with Crippen molar-refractivity contribution >= 4 is 53.1 Å². The van der Waals surface area contributed by atoms with Crippen LogP contribution in [0.15, 0.2) is 6.33 Å². The summed E-state index contributed by atoms with van der Waals surface area (Å²) < 4.78 is 37.1. The second-order valence-corrected chi connectivity index (χ2v) is 14.4. The first-order valence-corrected chi connectivity index (χ1v) is 16.3. The van der Waals surface area contributed by atoms with Crippen LogP contribution in [-0.2, 0) is 28.2 Å². The molecule has 0 unspecified atom stereocenters. The summed E-state index contributed by atoms with van der Waals surface area (Å²) in [5, 5.41) is 25.6. The highest BCUT2D eigenvalue weighted by Crippen LogP contribution is 2.56. The third-order valence-electron chi connectivity index (χ3n) is 6.11. The van der Waals surface area contributed by atoms with Crippen LogP contribution in [0.2, 0.25) is 0 Å². The molecule has 2 aromatic heterocycles. The molecule has 0 spiro atoms. The quantitative estimate of drug-likeness (QED) is 0.0697. The van der Waals surface area contributed by atoms with E-state index in [1.807, 2.05) is 0 Å². The Morgan fingerprint density at radius 3 is 2.58 bits per heavy atom. The summed E-state index contributed by atoms with van der Waals surface area (Å²) >= 11 is 0.724. The van der Waals surface area contributed by atoms with Crippen molar-refractivity contribution in [1.29, 1.82) is 0 Å². The zero-order valence-corrected chi connectivity index (χ0v) is 26.3. The number of hydrogen-bond acceptors (Lipinski definition) is 15. The molecular formula is C23H37N8O10PS. The van der Waals surface area contributed by atoms with Gasteiger partial charge in [-0.1, -0.05) is 11.4 Å². The van der Waals surface area contributed by atoms with E-state index in [1.165, 1.54) is 43.8 Å². The summed E-state index contributed by atoms with van der Waals surface area (Å²) in [5.41, 5.74) is 4.30. The molecule has 1 aliphatic rings. The third-order valence-corrected chi connectivity index (χ3v) is 10.2. The van der Waals surface area contributed by atoms with Gasteiger partial charge in [0.2, 0.25) is 11.8 Å². The van der Waals surface area contributed by atoms with Gasteiger partial charge in [-0.25, -0.2) is 14.9 Å². The lowest BCUT2D eigenvalue weighted by atomic mass is 10.1. The lowest BCUT2D eigenvalue weighted by Crippen LogP contribution is -2.42. The van der Waals surface area contributed by atoms with E-state index < -0.39 is 61.3 Å². The molecule has 3 rings (SSSR count). The van der Waals surface area contributed by atoms with Crippen molar-refractivity contribution in [1.82, 2.24) is 34.8 Å². The van der Waals surface area contributed by atoms with Crippen molar-refractivity contribution < 1.29 is 47.9 Å². The first kappa shape index (κ1) is 34.4.